The van der Waals surface area contributed by atoms with E-state index in [0.29, 0.717) is 5.69 Å². The molecule has 6 heteroatoms. The van der Waals surface area contributed by atoms with Gasteiger partial charge in [0.05, 0.1) is 11.8 Å². The van der Waals surface area contributed by atoms with E-state index < -0.39 is 15.9 Å². The van der Waals surface area contributed by atoms with E-state index in [-0.39, 0.29) is 17.5 Å². The molecule has 20 heavy (non-hydrogen) atoms. The maximum atomic E-state index is 12.1. The summed E-state index contributed by atoms with van der Waals surface area (Å²) in [6.07, 6.45) is 1.54. The number of sulfone groups is 1. The molecule has 1 aromatic carbocycles. The maximum absolute atomic E-state index is 12.1. The highest BCUT2D eigenvalue weighted by molar-refractivity contribution is 7.94. The topological polar surface area (TPSA) is 54.5 Å². The number of carbonyl (C=O) groups is 1. The second-order valence-corrected chi connectivity index (χ2v) is 7.09. The third kappa shape index (κ3) is 3.04. The molecule has 1 aliphatic heterocycles. The highest BCUT2D eigenvalue weighted by atomic mass is 35.5. The summed E-state index contributed by atoms with van der Waals surface area (Å²) in [5, 5.41) is 1.16. The molecule has 0 saturated carbocycles. The van der Waals surface area contributed by atoms with E-state index in [2.05, 4.69) is 0 Å². The van der Waals surface area contributed by atoms with Crippen molar-refractivity contribution in [2.75, 3.05) is 16.5 Å². The quantitative estimate of drug-likeness (QED) is 0.804. The summed E-state index contributed by atoms with van der Waals surface area (Å²) < 4.78 is 23.1. The molecule has 1 unspecified atom stereocenters. The molecule has 108 valence electrons. The number of alkyl halides is 1. The summed E-state index contributed by atoms with van der Waals surface area (Å²) in [6, 6.07) is 5.10. The second-order valence-electron chi connectivity index (χ2n) is 4.89. The molecule has 0 bridgehead atoms. The Bertz CT molecular complexity index is 667. The van der Waals surface area contributed by atoms with Crippen molar-refractivity contribution in [1.82, 2.24) is 0 Å². The molecule has 1 aromatic rings. The zero-order valence-electron chi connectivity index (χ0n) is 11.3. The molecule has 0 aliphatic carbocycles. The van der Waals surface area contributed by atoms with Crippen LogP contribution in [0.1, 0.15) is 11.1 Å². The number of rotatable bonds is 3. The van der Waals surface area contributed by atoms with E-state index >= 15 is 0 Å². The molecule has 0 spiro atoms. The lowest BCUT2D eigenvalue weighted by atomic mass is 10.1. The second kappa shape index (κ2) is 5.58. The fraction of sp³-hybridized carbons (Fsp3) is 0.357. The van der Waals surface area contributed by atoms with Gasteiger partial charge in [-0.2, -0.15) is 0 Å². The largest absolute Gasteiger partial charge is 0.303 e. The van der Waals surface area contributed by atoms with Crippen molar-refractivity contribution in [3.63, 3.8) is 0 Å². The monoisotopic (exact) mass is 313 g/mol. The number of amides is 1. The first kappa shape index (κ1) is 15.1. The summed E-state index contributed by atoms with van der Waals surface area (Å²) in [6.45, 7) is 3.93. The molecule has 0 N–H and O–H groups in total. The van der Waals surface area contributed by atoms with Crippen LogP contribution in [-0.2, 0) is 14.6 Å². The Morgan fingerprint density at radius 2 is 2.05 bits per heavy atom. The Morgan fingerprint density at radius 1 is 1.35 bits per heavy atom. The molecule has 4 nitrogen and oxygen atoms in total. The summed E-state index contributed by atoms with van der Waals surface area (Å²) >= 11 is 5.65. The first-order chi connectivity index (χ1) is 9.34. The standard InChI is InChI=1S/C14H16ClNO3S/c1-10-3-4-12(7-11(10)2)16(14(17)8-15)13-5-6-20(18,19)9-13/h3-7,13H,8-9H2,1-2H3. The van der Waals surface area contributed by atoms with Gasteiger partial charge in [-0.3, -0.25) is 4.79 Å². The number of aryl methyl sites for hydroxylation is 2. The van der Waals surface area contributed by atoms with Crippen LogP contribution in [0.25, 0.3) is 0 Å². The average molecular weight is 314 g/mol. The molecule has 1 aliphatic rings. The van der Waals surface area contributed by atoms with Gasteiger partial charge in [-0.05, 0) is 43.2 Å². The van der Waals surface area contributed by atoms with E-state index in [4.69, 9.17) is 11.6 Å². The summed E-state index contributed by atoms with van der Waals surface area (Å²) in [5.74, 6) is -0.582. The van der Waals surface area contributed by atoms with Crippen LogP contribution < -0.4 is 4.90 Å². The molecular formula is C14H16ClNO3S. The minimum atomic E-state index is -3.23. The minimum absolute atomic E-state index is 0.0947. The summed E-state index contributed by atoms with van der Waals surface area (Å²) in [5.41, 5.74) is 2.83. The Labute approximate surface area is 124 Å². The fourth-order valence-electron chi connectivity index (χ4n) is 2.18. The Balaban J connectivity index is 2.41. The van der Waals surface area contributed by atoms with Crippen LogP contribution in [-0.4, -0.2) is 32.0 Å². The van der Waals surface area contributed by atoms with Crippen molar-refractivity contribution in [2.24, 2.45) is 0 Å². The van der Waals surface area contributed by atoms with Gasteiger partial charge in [-0.25, -0.2) is 8.42 Å². The smallest absolute Gasteiger partial charge is 0.242 e. The van der Waals surface area contributed by atoms with Crippen LogP contribution >= 0.6 is 11.6 Å². The number of nitrogens with zero attached hydrogens (tertiary/aromatic N) is 1. The van der Waals surface area contributed by atoms with Crippen molar-refractivity contribution in [1.29, 1.82) is 0 Å². The lowest BCUT2D eigenvalue weighted by Gasteiger charge is -2.27. The fourth-order valence-corrected chi connectivity index (χ4v) is 3.58. The Kier molecular flexibility index (Phi) is 4.20. The highest BCUT2D eigenvalue weighted by Gasteiger charge is 2.31. The molecule has 1 atom stereocenters. The SMILES string of the molecule is Cc1ccc(N(C(=O)CCl)C2C=CS(=O)(=O)C2)cc1C. The molecule has 0 aromatic heterocycles. The van der Waals surface area contributed by atoms with Crippen LogP contribution in [0, 0.1) is 13.8 Å². The lowest BCUT2D eigenvalue weighted by Crippen LogP contribution is -2.42. The third-order valence-corrected chi connectivity index (χ3v) is 5.00. The van der Waals surface area contributed by atoms with Gasteiger partial charge >= 0.3 is 0 Å². The first-order valence-corrected chi connectivity index (χ1v) is 8.45. The molecule has 0 fully saturated rings. The average Bonchev–Trinajstić information content (AvgIpc) is 2.74. The molecule has 2 rings (SSSR count). The van der Waals surface area contributed by atoms with Gasteiger partial charge in [0.1, 0.15) is 5.88 Å². The van der Waals surface area contributed by atoms with Crippen LogP contribution in [0.5, 0.6) is 0 Å². The van der Waals surface area contributed by atoms with Crippen molar-refractivity contribution in [3.8, 4) is 0 Å². The molecular weight excluding hydrogens is 298 g/mol. The number of hydrogen-bond acceptors (Lipinski definition) is 3. The number of hydrogen-bond donors (Lipinski definition) is 0. The van der Waals surface area contributed by atoms with E-state index in [1.807, 2.05) is 32.0 Å². The van der Waals surface area contributed by atoms with Crippen molar-refractivity contribution in [3.05, 3.63) is 40.8 Å². The predicted molar refractivity (Wildman–Crippen MR) is 80.8 cm³/mol. The molecule has 1 heterocycles. The number of halogens is 1. The van der Waals surface area contributed by atoms with Crippen molar-refractivity contribution >= 4 is 33.0 Å². The zero-order chi connectivity index (χ0) is 14.9. The van der Waals surface area contributed by atoms with Crippen LogP contribution in [0.2, 0.25) is 0 Å². The number of benzene rings is 1. The Hall–Kier alpha value is -1.33. The van der Waals surface area contributed by atoms with Gasteiger partial charge in [0.15, 0.2) is 9.84 Å². The Morgan fingerprint density at radius 3 is 2.55 bits per heavy atom. The number of anilines is 1. The molecule has 1 amide bonds. The van der Waals surface area contributed by atoms with E-state index in [1.165, 1.54) is 11.0 Å². The molecule has 0 radical (unpaired) electrons. The minimum Gasteiger partial charge on any atom is -0.303 e. The normalized spacial score (nSPS) is 20.1. The van der Waals surface area contributed by atoms with Gasteiger partial charge < -0.3 is 4.90 Å². The lowest BCUT2D eigenvalue weighted by molar-refractivity contribution is -0.116. The predicted octanol–water partition coefficient (Wildman–Crippen LogP) is 2.19. The maximum Gasteiger partial charge on any atom is 0.242 e. The van der Waals surface area contributed by atoms with E-state index in [1.54, 1.807) is 0 Å². The highest BCUT2D eigenvalue weighted by Crippen LogP contribution is 2.25. The van der Waals surface area contributed by atoms with Crippen LogP contribution in [0.4, 0.5) is 5.69 Å². The zero-order valence-corrected chi connectivity index (χ0v) is 12.9. The van der Waals surface area contributed by atoms with Gasteiger partial charge in [0, 0.05) is 11.1 Å². The van der Waals surface area contributed by atoms with Gasteiger partial charge in [0.2, 0.25) is 5.91 Å². The van der Waals surface area contributed by atoms with Crippen LogP contribution in [0.3, 0.4) is 0 Å². The van der Waals surface area contributed by atoms with Crippen LogP contribution in [0.15, 0.2) is 29.7 Å². The van der Waals surface area contributed by atoms with Gasteiger partial charge in [-0.1, -0.05) is 6.07 Å². The first-order valence-electron chi connectivity index (χ1n) is 6.20. The third-order valence-electron chi connectivity index (χ3n) is 3.39. The van der Waals surface area contributed by atoms with Gasteiger partial charge in [0.25, 0.3) is 0 Å². The van der Waals surface area contributed by atoms with Crippen molar-refractivity contribution in [2.45, 2.75) is 19.9 Å². The van der Waals surface area contributed by atoms with Gasteiger partial charge in [-0.15, -0.1) is 11.6 Å². The van der Waals surface area contributed by atoms with E-state index in [0.717, 1.165) is 16.5 Å². The summed E-state index contributed by atoms with van der Waals surface area (Å²) in [4.78, 5) is 13.5. The van der Waals surface area contributed by atoms with E-state index in [9.17, 15) is 13.2 Å². The molecule has 0 saturated heterocycles. The van der Waals surface area contributed by atoms with Crippen molar-refractivity contribution < 1.29 is 13.2 Å². The number of carbonyl (C=O) groups excluding carboxylic acids is 1. The summed E-state index contributed by atoms with van der Waals surface area (Å²) in [7, 11) is -3.23.